The van der Waals surface area contributed by atoms with Crippen molar-refractivity contribution in [2.45, 2.75) is 26.8 Å². The van der Waals surface area contributed by atoms with Crippen molar-refractivity contribution in [3.63, 3.8) is 0 Å². The molecule has 0 fully saturated rings. The molecule has 0 rings (SSSR count). The molecular formula is C8H16N2. The third kappa shape index (κ3) is 4.13. The van der Waals surface area contributed by atoms with Crippen molar-refractivity contribution in [2.75, 3.05) is 7.05 Å². The molecule has 0 amide bonds. The fourth-order valence-corrected chi connectivity index (χ4v) is 0.363. The van der Waals surface area contributed by atoms with E-state index in [0.717, 1.165) is 0 Å². The van der Waals surface area contributed by atoms with Gasteiger partial charge in [-0.2, -0.15) is 5.10 Å². The van der Waals surface area contributed by atoms with E-state index in [2.05, 4.69) is 18.9 Å². The molecule has 0 spiro atoms. The fraction of sp³-hybridized carbons (Fsp3) is 0.625. The lowest BCUT2D eigenvalue weighted by atomic mass is 10.4. The third-order valence-electron chi connectivity index (χ3n) is 1.27. The Hall–Kier alpha value is -0.790. The molecule has 0 aromatic carbocycles. The minimum absolute atomic E-state index is 0.474. The molecule has 0 unspecified atom stereocenters. The SMILES string of the molecule is C/C=C/C=N\N(C)C(C)C. The number of hydrogen-bond donors (Lipinski definition) is 0. The molecule has 0 aromatic heterocycles. The lowest BCUT2D eigenvalue weighted by Gasteiger charge is -2.15. The normalized spacial score (nSPS) is 12.1. The molecule has 0 aliphatic carbocycles. The zero-order valence-corrected chi connectivity index (χ0v) is 7.20. The van der Waals surface area contributed by atoms with Crippen molar-refractivity contribution in [1.29, 1.82) is 0 Å². The molecule has 0 aromatic rings. The molecule has 2 nitrogen and oxygen atoms in total. The fourth-order valence-electron chi connectivity index (χ4n) is 0.363. The van der Waals surface area contributed by atoms with Crippen molar-refractivity contribution < 1.29 is 0 Å². The Balaban J connectivity index is 3.66. The summed E-state index contributed by atoms with van der Waals surface area (Å²) in [5, 5.41) is 6.05. The molecule has 2 heteroatoms. The zero-order chi connectivity index (χ0) is 7.98. The highest BCUT2D eigenvalue weighted by Gasteiger charge is 1.94. The summed E-state index contributed by atoms with van der Waals surface area (Å²) in [5.74, 6) is 0. The maximum atomic E-state index is 4.13. The first-order chi connectivity index (χ1) is 4.68. The maximum Gasteiger partial charge on any atom is 0.0467 e. The van der Waals surface area contributed by atoms with Crippen molar-refractivity contribution in [1.82, 2.24) is 5.01 Å². The lowest BCUT2D eigenvalue weighted by Crippen LogP contribution is -2.19. The van der Waals surface area contributed by atoms with Crippen LogP contribution in [0.2, 0.25) is 0 Å². The van der Waals surface area contributed by atoms with E-state index in [-0.39, 0.29) is 0 Å². The predicted octanol–water partition coefficient (Wildman–Crippen LogP) is 1.89. The molecule has 10 heavy (non-hydrogen) atoms. The van der Waals surface area contributed by atoms with Crippen molar-refractivity contribution >= 4 is 6.21 Å². The quantitative estimate of drug-likeness (QED) is 0.432. The van der Waals surface area contributed by atoms with Crippen LogP contribution in [0.15, 0.2) is 17.3 Å². The van der Waals surface area contributed by atoms with Gasteiger partial charge in [-0.3, -0.25) is 5.01 Å². The Morgan fingerprint density at radius 2 is 2.00 bits per heavy atom. The predicted molar refractivity (Wildman–Crippen MR) is 46.2 cm³/mol. The van der Waals surface area contributed by atoms with E-state index in [4.69, 9.17) is 0 Å². The first-order valence-corrected chi connectivity index (χ1v) is 3.56. The van der Waals surface area contributed by atoms with Gasteiger partial charge < -0.3 is 0 Å². The van der Waals surface area contributed by atoms with Gasteiger partial charge in [0.2, 0.25) is 0 Å². The first kappa shape index (κ1) is 9.21. The largest absolute Gasteiger partial charge is 0.298 e. The van der Waals surface area contributed by atoms with Crippen LogP contribution in [0.4, 0.5) is 0 Å². The Morgan fingerprint density at radius 3 is 2.40 bits per heavy atom. The molecular weight excluding hydrogens is 124 g/mol. The van der Waals surface area contributed by atoms with E-state index in [1.54, 1.807) is 6.21 Å². The van der Waals surface area contributed by atoms with Gasteiger partial charge in [-0.15, -0.1) is 0 Å². The second-order valence-electron chi connectivity index (χ2n) is 2.46. The highest BCUT2D eigenvalue weighted by atomic mass is 15.4. The molecule has 58 valence electrons. The van der Waals surface area contributed by atoms with E-state index >= 15 is 0 Å². The number of hydrazone groups is 1. The van der Waals surface area contributed by atoms with Crippen LogP contribution in [0.25, 0.3) is 0 Å². The molecule has 0 radical (unpaired) electrons. The summed E-state index contributed by atoms with van der Waals surface area (Å²) in [6, 6.07) is 0.474. The second-order valence-corrected chi connectivity index (χ2v) is 2.46. The second kappa shape index (κ2) is 5.03. The Kier molecular flexibility index (Phi) is 4.63. The smallest absolute Gasteiger partial charge is 0.0467 e. The summed E-state index contributed by atoms with van der Waals surface area (Å²) in [7, 11) is 1.96. The standard InChI is InChI=1S/C8H16N2/c1-5-6-7-9-10(4)8(2)3/h5-8H,1-4H3/b6-5+,9-7-. The molecule has 0 aliphatic rings. The topological polar surface area (TPSA) is 15.6 Å². The summed E-state index contributed by atoms with van der Waals surface area (Å²) >= 11 is 0. The van der Waals surface area contributed by atoms with E-state index in [0.29, 0.717) is 6.04 Å². The molecule has 0 saturated carbocycles. The monoisotopic (exact) mass is 140 g/mol. The van der Waals surface area contributed by atoms with Gasteiger partial charge in [-0.25, -0.2) is 0 Å². The summed E-state index contributed by atoms with van der Waals surface area (Å²) < 4.78 is 0. The van der Waals surface area contributed by atoms with Gasteiger partial charge in [-0.05, 0) is 26.8 Å². The van der Waals surface area contributed by atoms with Crippen LogP contribution >= 0.6 is 0 Å². The van der Waals surface area contributed by atoms with Crippen LogP contribution in [0.1, 0.15) is 20.8 Å². The van der Waals surface area contributed by atoms with Crippen LogP contribution in [-0.2, 0) is 0 Å². The minimum atomic E-state index is 0.474. The van der Waals surface area contributed by atoms with E-state index in [1.807, 2.05) is 31.1 Å². The molecule has 0 atom stereocenters. The Labute approximate surface area is 63.2 Å². The molecule has 0 bridgehead atoms. The highest BCUT2D eigenvalue weighted by molar-refractivity contribution is 5.70. The number of allylic oxidation sites excluding steroid dienone is 2. The van der Waals surface area contributed by atoms with Gasteiger partial charge in [0.05, 0.1) is 0 Å². The summed E-state index contributed by atoms with van der Waals surface area (Å²) in [4.78, 5) is 0. The van der Waals surface area contributed by atoms with Crippen molar-refractivity contribution in [3.05, 3.63) is 12.2 Å². The van der Waals surface area contributed by atoms with E-state index in [9.17, 15) is 0 Å². The molecule has 0 heterocycles. The van der Waals surface area contributed by atoms with Gasteiger partial charge in [-0.1, -0.05) is 6.08 Å². The average molecular weight is 140 g/mol. The Morgan fingerprint density at radius 1 is 1.40 bits per heavy atom. The van der Waals surface area contributed by atoms with E-state index < -0.39 is 0 Å². The van der Waals surface area contributed by atoms with Crippen LogP contribution in [0.3, 0.4) is 0 Å². The summed E-state index contributed by atoms with van der Waals surface area (Å²) in [6.45, 7) is 6.18. The van der Waals surface area contributed by atoms with Crippen LogP contribution in [-0.4, -0.2) is 24.3 Å². The van der Waals surface area contributed by atoms with Gasteiger partial charge in [0, 0.05) is 19.3 Å². The van der Waals surface area contributed by atoms with Crippen LogP contribution in [0, 0.1) is 0 Å². The Bertz CT molecular complexity index is 125. The molecule has 0 saturated heterocycles. The van der Waals surface area contributed by atoms with Crippen LogP contribution in [0.5, 0.6) is 0 Å². The number of rotatable bonds is 3. The molecule has 0 N–H and O–H groups in total. The maximum absolute atomic E-state index is 4.13. The summed E-state index contributed by atoms with van der Waals surface area (Å²) in [5.41, 5.74) is 0. The van der Waals surface area contributed by atoms with Gasteiger partial charge in [0.1, 0.15) is 0 Å². The van der Waals surface area contributed by atoms with Crippen LogP contribution < -0.4 is 0 Å². The molecule has 0 aliphatic heterocycles. The van der Waals surface area contributed by atoms with E-state index in [1.165, 1.54) is 0 Å². The van der Waals surface area contributed by atoms with Gasteiger partial charge >= 0.3 is 0 Å². The lowest BCUT2D eigenvalue weighted by molar-refractivity contribution is 0.290. The van der Waals surface area contributed by atoms with Crippen molar-refractivity contribution in [3.8, 4) is 0 Å². The zero-order valence-electron chi connectivity index (χ0n) is 7.20. The minimum Gasteiger partial charge on any atom is -0.298 e. The third-order valence-corrected chi connectivity index (χ3v) is 1.27. The van der Waals surface area contributed by atoms with Crippen molar-refractivity contribution in [2.24, 2.45) is 5.10 Å². The average Bonchev–Trinajstić information content (AvgIpc) is 1.88. The highest BCUT2D eigenvalue weighted by Crippen LogP contribution is 1.91. The van der Waals surface area contributed by atoms with Gasteiger partial charge in [0.15, 0.2) is 0 Å². The first-order valence-electron chi connectivity index (χ1n) is 3.56. The number of nitrogens with zero attached hydrogens (tertiary/aromatic N) is 2. The van der Waals surface area contributed by atoms with Gasteiger partial charge in [0.25, 0.3) is 0 Å². The summed E-state index contributed by atoms with van der Waals surface area (Å²) in [6.07, 6.45) is 5.66. The number of hydrogen-bond acceptors (Lipinski definition) is 2.